The predicted molar refractivity (Wildman–Crippen MR) is 110 cm³/mol. The number of benzene rings is 1. The van der Waals surface area contributed by atoms with Gasteiger partial charge in [0.05, 0.1) is 10.9 Å². The van der Waals surface area contributed by atoms with Gasteiger partial charge in [-0.1, -0.05) is 55.8 Å². The molecule has 0 unspecified atom stereocenters. The van der Waals surface area contributed by atoms with Gasteiger partial charge in [-0.05, 0) is 36.0 Å². The van der Waals surface area contributed by atoms with Crippen LogP contribution in [-0.2, 0) is 6.42 Å². The summed E-state index contributed by atoms with van der Waals surface area (Å²) < 4.78 is 1.58. The van der Waals surface area contributed by atoms with Crippen molar-refractivity contribution in [1.29, 1.82) is 0 Å². The summed E-state index contributed by atoms with van der Waals surface area (Å²) in [7, 11) is 0. The molecule has 0 bridgehead atoms. The highest BCUT2D eigenvalue weighted by Gasteiger charge is 2.33. The zero-order valence-electron chi connectivity index (χ0n) is 15.9. The van der Waals surface area contributed by atoms with E-state index in [2.05, 4.69) is 41.0 Å². The van der Waals surface area contributed by atoms with E-state index >= 15 is 0 Å². The zero-order chi connectivity index (χ0) is 19.1. The van der Waals surface area contributed by atoms with Crippen LogP contribution >= 0.6 is 22.9 Å². The Morgan fingerprint density at radius 3 is 2.48 bits per heavy atom. The normalized spacial score (nSPS) is 22.4. The third kappa shape index (κ3) is 3.58. The molecule has 3 heterocycles. The van der Waals surface area contributed by atoms with Gasteiger partial charge < -0.3 is 5.11 Å². The van der Waals surface area contributed by atoms with Crippen molar-refractivity contribution in [2.75, 3.05) is 13.1 Å². The number of aryl methyl sites for hydroxylation is 1. The van der Waals surface area contributed by atoms with Gasteiger partial charge in [-0.3, -0.25) is 4.90 Å². The van der Waals surface area contributed by atoms with Crippen molar-refractivity contribution < 1.29 is 5.11 Å². The monoisotopic (exact) mass is 404 g/mol. The van der Waals surface area contributed by atoms with E-state index < -0.39 is 0 Å². The lowest BCUT2D eigenvalue weighted by atomic mass is 9.89. The van der Waals surface area contributed by atoms with Crippen LogP contribution < -0.4 is 0 Å². The molecule has 0 saturated carbocycles. The maximum Gasteiger partial charge on any atom is 0.230 e. The van der Waals surface area contributed by atoms with Gasteiger partial charge in [-0.15, -0.1) is 5.10 Å². The Labute approximate surface area is 168 Å². The van der Waals surface area contributed by atoms with Gasteiger partial charge in [0, 0.05) is 24.5 Å². The summed E-state index contributed by atoms with van der Waals surface area (Å²) in [6, 6.07) is 7.94. The summed E-state index contributed by atoms with van der Waals surface area (Å²) >= 11 is 7.65. The predicted octanol–water partition coefficient (Wildman–Crippen LogP) is 4.78. The minimum atomic E-state index is -0.0222. The molecule has 1 fully saturated rings. The number of halogens is 1. The molecule has 3 aromatic rings. The average Bonchev–Trinajstić information content (AvgIpc) is 3.16. The Hall–Kier alpha value is -1.63. The molecule has 0 radical (unpaired) electrons. The van der Waals surface area contributed by atoms with Gasteiger partial charge in [0.25, 0.3) is 0 Å². The van der Waals surface area contributed by atoms with Gasteiger partial charge in [-0.2, -0.15) is 4.52 Å². The molecule has 3 atom stereocenters. The molecule has 2 aromatic heterocycles. The average molecular weight is 405 g/mol. The summed E-state index contributed by atoms with van der Waals surface area (Å²) in [6.07, 6.45) is 2.00. The highest BCUT2D eigenvalue weighted by molar-refractivity contribution is 7.17. The van der Waals surface area contributed by atoms with E-state index in [1.807, 2.05) is 19.1 Å². The summed E-state index contributed by atoms with van der Waals surface area (Å²) in [5, 5.41) is 16.1. The van der Waals surface area contributed by atoms with E-state index in [4.69, 9.17) is 11.6 Å². The highest BCUT2D eigenvalue weighted by atomic mass is 35.5. The third-order valence-corrected chi connectivity index (χ3v) is 6.58. The van der Waals surface area contributed by atoms with E-state index in [1.165, 1.54) is 17.8 Å². The number of thiazole rings is 1. The van der Waals surface area contributed by atoms with Gasteiger partial charge in [0.15, 0.2) is 5.82 Å². The van der Waals surface area contributed by atoms with Gasteiger partial charge in [-0.25, -0.2) is 4.98 Å². The van der Waals surface area contributed by atoms with Crippen LogP contribution in [0.25, 0.3) is 4.96 Å². The molecule has 144 valence electrons. The quantitative estimate of drug-likeness (QED) is 0.679. The lowest BCUT2D eigenvalue weighted by Crippen LogP contribution is -2.41. The molecule has 4 rings (SSSR count). The first-order chi connectivity index (χ1) is 13.0. The molecular weight excluding hydrogens is 380 g/mol. The van der Waals surface area contributed by atoms with E-state index in [-0.39, 0.29) is 11.9 Å². The molecule has 0 amide bonds. The van der Waals surface area contributed by atoms with Crippen LogP contribution in [0.1, 0.15) is 49.5 Å². The number of aromatic hydroxyl groups is 1. The smallest absolute Gasteiger partial charge is 0.230 e. The second-order valence-corrected chi connectivity index (χ2v) is 9.17. The molecule has 1 aromatic carbocycles. The zero-order valence-corrected chi connectivity index (χ0v) is 17.5. The van der Waals surface area contributed by atoms with Gasteiger partial charge in [0.1, 0.15) is 0 Å². The second-order valence-electron chi connectivity index (χ2n) is 7.72. The largest absolute Gasteiger partial charge is 0.492 e. The highest BCUT2D eigenvalue weighted by Crippen LogP contribution is 2.42. The molecule has 27 heavy (non-hydrogen) atoms. The Morgan fingerprint density at radius 1 is 1.22 bits per heavy atom. The summed E-state index contributed by atoms with van der Waals surface area (Å²) in [5.74, 6) is 2.21. The third-order valence-electron chi connectivity index (χ3n) is 5.26. The number of hydrogen-bond acceptors (Lipinski definition) is 5. The van der Waals surface area contributed by atoms with Crippen LogP contribution in [-0.4, -0.2) is 37.7 Å². The van der Waals surface area contributed by atoms with Crippen molar-refractivity contribution >= 4 is 27.9 Å². The molecule has 1 saturated heterocycles. The second kappa shape index (κ2) is 7.41. The van der Waals surface area contributed by atoms with Crippen molar-refractivity contribution in [3.63, 3.8) is 0 Å². The van der Waals surface area contributed by atoms with E-state index in [0.717, 1.165) is 45.8 Å². The maximum atomic E-state index is 11.0. The minimum Gasteiger partial charge on any atom is -0.492 e. The van der Waals surface area contributed by atoms with Crippen LogP contribution in [0.15, 0.2) is 24.3 Å². The SMILES string of the molecule is CCc1nc2sc([C@H](c3ccc(Cl)cc3)N3C[C@H](C)C[C@H](C)C3)c(O)n2n1. The van der Waals surface area contributed by atoms with Crippen molar-refractivity contribution in [2.45, 2.75) is 39.7 Å². The fraction of sp³-hybridized carbons (Fsp3) is 0.500. The first-order valence-corrected chi connectivity index (χ1v) is 10.7. The summed E-state index contributed by atoms with van der Waals surface area (Å²) in [6.45, 7) is 8.63. The lowest BCUT2D eigenvalue weighted by molar-refractivity contribution is 0.112. The van der Waals surface area contributed by atoms with Gasteiger partial charge >= 0.3 is 0 Å². The van der Waals surface area contributed by atoms with Crippen molar-refractivity contribution in [2.24, 2.45) is 11.8 Å². The van der Waals surface area contributed by atoms with Crippen LogP contribution in [0, 0.1) is 11.8 Å². The topological polar surface area (TPSA) is 53.7 Å². The molecule has 1 aliphatic rings. The fourth-order valence-corrected chi connectivity index (χ4v) is 5.48. The van der Waals surface area contributed by atoms with Crippen LogP contribution in [0.2, 0.25) is 5.02 Å². The lowest BCUT2D eigenvalue weighted by Gasteiger charge is -2.40. The molecular formula is C20H25ClN4OS. The molecule has 0 spiro atoms. The Morgan fingerprint density at radius 2 is 1.89 bits per heavy atom. The number of piperidine rings is 1. The van der Waals surface area contributed by atoms with Crippen LogP contribution in [0.4, 0.5) is 0 Å². The van der Waals surface area contributed by atoms with E-state index in [9.17, 15) is 5.11 Å². The minimum absolute atomic E-state index is 0.0222. The molecule has 0 aliphatic carbocycles. The van der Waals surface area contributed by atoms with E-state index in [0.29, 0.717) is 11.8 Å². The summed E-state index contributed by atoms with van der Waals surface area (Å²) in [5.41, 5.74) is 1.14. The van der Waals surface area contributed by atoms with Crippen molar-refractivity contribution in [3.8, 4) is 5.88 Å². The number of nitrogens with zero attached hydrogens (tertiary/aromatic N) is 4. The van der Waals surface area contributed by atoms with Crippen molar-refractivity contribution in [3.05, 3.63) is 45.6 Å². The fourth-order valence-electron chi connectivity index (χ4n) is 4.21. The van der Waals surface area contributed by atoms with Crippen LogP contribution in [0.5, 0.6) is 5.88 Å². The maximum absolute atomic E-state index is 11.0. The number of rotatable bonds is 4. The number of aromatic nitrogens is 3. The molecule has 7 heteroatoms. The summed E-state index contributed by atoms with van der Waals surface area (Å²) in [4.78, 5) is 8.67. The first kappa shape index (κ1) is 18.7. The van der Waals surface area contributed by atoms with E-state index in [1.54, 1.807) is 4.52 Å². The number of likely N-dealkylation sites (tertiary alicyclic amines) is 1. The standard InChI is InChI=1S/C20H25ClN4OS/c1-4-16-22-20-25(23-16)19(26)18(27-20)17(14-5-7-15(21)8-6-14)24-10-12(2)9-13(3)11-24/h5-8,12-13,17,26H,4,9-11H2,1-3H3/t12-,13+,17-/m0/s1. The first-order valence-electron chi connectivity index (χ1n) is 9.53. The van der Waals surface area contributed by atoms with Crippen LogP contribution in [0.3, 0.4) is 0 Å². The Kier molecular flexibility index (Phi) is 5.14. The Bertz CT molecular complexity index is 926. The number of fused-ring (bicyclic) bond motifs is 1. The van der Waals surface area contributed by atoms with Gasteiger partial charge in [0.2, 0.25) is 10.8 Å². The van der Waals surface area contributed by atoms with Crippen molar-refractivity contribution in [1.82, 2.24) is 19.5 Å². The Balaban J connectivity index is 1.81. The molecule has 1 N–H and O–H groups in total. The number of hydrogen-bond donors (Lipinski definition) is 1. The molecule has 5 nitrogen and oxygen atoms in total. The molecule has 1 aliphatic heterocycles.